The van der Waals surface area contributed by atoms with E-state index in [4.69, 9.17) is 32.7 Å². The van der Waals surface area contributed by atoms with Gasteiger partial charge < -0.3 is 20.1 Å². The van der Waals surface area contributed by atoms with Crippen LogP contribution in [0, 0.1) is 0 Å². The first-order valence-corrected chi connectivity index (χ1v) is 10.5. The molecule has 0 aliphatic carbocycles. The summed E-state index contributed by atoms with van der Waals surface area (Å²) >= 11 is 12.1. The van der Waals surface area contributed by atoms with Gasteiger partial charge in [0.25, 0.3) is 0 Å². The highest BCUT2D eigenvalue weighted by atomic mass is 35.5. The number of benzene rings is 2. The number of carbonyl (C=O) groups is 3. The number of rotatable bonds is 6. The SMILES string of the molecule is CC(C(=O)NC(=O)Nc1ccc2c(c1)OCCO2)N(C)CC(=O)Nc1c(Cl)cccc1Cl. The molecule has 11 heteroatoms. The summed E-state index contributed by atoms with van der Waals surface area (Å²) in [6.45, 7) is 2.33. The van der Waals surface area contributed by atoms with E-state index < -0.39 is 23.9 Å². The maximum atomic E-state index is 12.4. The molecule has 3 rings (SSSR count). The average molecular weight is 481 g/mol. The van der Waals surface area contributed by atoms with Gasteiger partial charge in [-0.25, -0.2) is 4.79 Å². The van der Waals surface area contributed by atoms with E-state index in [1.165, 1.54) is 4.90 Å². The van der Waals surface area contributed by atoms with Crippen LogP contribution in [0.3, 0.4) is 0 Å². The second-order valence-electron chi connectivity index (χ2n) is 7.04. The summed E-state index contributed by atoms with van der Waals surface area (Å²) < 4.78 is 10.9. The molecule has 9 nitrogen and oxygen atoms in total. The number of nitrogens with one attached hydrogen (secondary N) is 3. The Morgan fingerprint density at radius 3 is 2.38 bits per heavy atom. The lowest BCUT2D eigenvalue weighted by Crippen LogP contribution is -2.48. The van der Waals surface area contributed by atoms with E-state index in [0.717, 1.165) is 0 Å². The molecular weight excluding hydrogens is 459 g/mol. The van der Waals surface area contributed by atoms with Crippen LogP contribution >= 0.6 is 23.2 Å². The fraction of sp³-hybridized carbons (Fsp3) is 0.286. The number of imide groups is 1. The van der Waals surface area contributed by atoms with Crippen LogP contribution in [0.1, 0.15) is 6.92 Å². The average Bonchev–Trinajstić information content (AvgIpc) is 2.75. The minimum absolute atomic E-state index is 0.125. The number of hydrogen-bond donors (Lipinski definition) is 3. The van der Waals surface area contributed by atoms with Crippen LogP contribution in [0.15, 0.2) is 36.4 Å². The first kappa shape index (κ1) is 23.6. The van der Waals surface area contributed by atoms with Crippen LogP contribution in [-0.2, 0) is 9.59 Å². The Bertz CT molecular complexity index is 1010. The zero-order valence-corrected chi connectivity index (χ0v) is 18.9. The number of carbonyl (C=O) groups excluding carboxylic acids is 3. The van der Waals surface area contributed by atoms with Gasteiger partial charge in [0.15, 0.2) is 11.5 Å². The zero-order chi connectivity index (χ0) is 23.3. The van der Waals surface area contributed by atoms with Crippen molar-refractivity contribution in [3.63, 3.8) is 0 Å². The minimum atomic E-state index is -0.770. The molecule has 2 aromatic carbocycles. The molecule has 170 valence electrons. The molecule has 0 fully saturated rings. The summed E-state index contributed by atoms with van der Waals surface area (Å²) in [5.41, 5.74) is 0.738. The number of halogens is 2. The van der Waals surface area contributed by atoms with Gasteiger partial charge in [-0.15, -0.1) is 0 Å². The largest absolute Gasteiger partial charge is 0.486 e. The van der Waals surface area contributed by atoms with Gasteiger partial charge in [-0.3, -0.25) is 19.8 Å². The number of anilines is 2. The summed E-state index contributed by atoms with van der Waals surface area (Å²) in [4.78, 5) is 38.5. The third kappa shape index (κ3) is 6.03. The van der Waals surface area contributed by atoms with Gasteiger partial charge in [0.2, 0.25) is 11.8 Å². The lowest BCUT2D eigenvalue weighted by atomic mass is 10.2. The third-order valence-electron chi connectivity index (χ3n) is 4.70. The topological polar surface area (TPSA) is 109 Å². The van der Waals surface area contributed by atoms with Crippen molar-refractivity contribution in [1.29, 1.82) is 0 Å². The maximum Gasteiger partial charge on any atom is 0.325 e. The Balaban J connectivity index is 1.50. The number of para-hydroxylation sites is 1. The molecular formula is C21H22Cl2N4O5. The van der Waals surface area contributed by atoms with Crippen molar-refractivity contribution >= 4 is 52.4 Å². The fourth-order valence-corrected chi connectivity index (χ4v) is 3.35. The monoisotopic (exact) mass is 480 g/mol. The van der Waals surface area contributed by atoms with Crippen molar-refractivity contribution < 1.29 is 23.9 Å². The lowest BCUT2D eigenvalue weighted by molar-refractivity contribution is -0.125. The molecule has 0 aromatic heterocycles. The molecule has 4 amide bonds. The van der Waals surface area contributed by atoms with E-state index in [0.29, 0.717) is 46.1 Å². The smallest absolute Gasteiger partial charge is 0.325 e. The van der Waals surface area contributed by atoms with Crippen molar-refractivity contribution in [1.82, 2.24) is 10.2 Å². The van der Waals surface area contributed by atoms with Crippen LogP contribution in [0.4, 0.5) is 16.2 Å². The number of fused-ring (bicyclic) bond motifs is 1. The normalized spacial score (nSPS) is 13.3. The van der Waals surface area contributed by atoms with Crippen molar-refractivity contribution in [3.8, 4) is 11.5 Å². The first-order chi connectivity index (χ1) is 15.2. The number of likely N-dealkylation sites (N-methyl/N-ethyl adjacent to an activating group) is 1. The van der Waals surface area contributed by atoms with Gasteiger partial charge in [-0.05, 0) is 38.2 Å². The highest BCUT2D eigenvalue weighted by Gasteiger charge is 2.23. The van der Waals surface area contributed by atoms with Gasteiger partial charge in [0, 0.05) is 11.8 Å². The van der Waals surface area contributed by atoms with Gasteiger partial charge >= 0.3 is 6.03 Å². The Morgan fingerprint density at radius 1 is 1.03 bits per heavy atom. The molecule has 0 bridgehead atoms. The molecule has 1 heterocycles. The standard InChI is InChI=1S/C21H22Cl2N4O5/c1-12(27(2)11-18(28)25-19-14(22)4-3-5-15(19)23)20(29)26-21(30)24-13-6-7-16-17(10-13)32-9-8-31-16/h3-7,10,12H,8-9,11H2,1-2H3,(H,25,28)(H2,24,26,29,30). The van der Waals surface area contributed by atoms with E-state index in [1.807, 2.05) is 0 Å². The van der Waals surface area contributed by atoms with E-state index in [9.17, 15) is 14.4 Å². The van der Waals surface area contributed by atoms with Crippen LogP contribution in [0.25, 0.3) is 0 Å². The van der Waals surface area contributed by atoms with Crippen LogP contribution in [0.5, 0.6) is 11.5 Å². The van der Waals surface area contributed by atoms with E-state index in [-0.39, 0.29) is 6.54 Å². The van der Waals surface area contributed by atoms with E-state index in [2.05, 4.69) is 16.0 Å². The summed E-state index contributed by atoms with van der Waals surface area (Å²) in [6.07, 6.45) is 0. The fourth-order valence-electron chi connectivity index (χ4n) is 2.86. The molecule has 32 heavy (non-hydrogen) atoms. The molecule has 3 N–H and O–H groups in total. The van der Waals surface area contributed by atoms with Gasteiger partial charge in [-0.1, -0.05) is 29.3 Å². The summed E-state index contributed by atoms with van der Waals surface area (Å²) in [6, 6.07) is 8.30. The molecule has 1 unspecified atom stereocenters. The van der Waals surface area contributed by atoms with Gasteiger partial charge in [0.05, 0.1) is 28.3 Å². The summed E-state index contributed by atoms with van der Waals surface area (Å²) in [5.74, 6) is 0.108. The van der Waals surface area contributed by atoms with E-state index in [1.54, 1.807) is 50.4 Å². The second-order valence-corrected chi connectivity index (χ2v) is 7.85. The Hall–Kier alpha value is -3.01. The molecule has 0 spiro atoms. The lowest BCUT2D eigenvalue weighted by Gasteiger charge is -2.23. The highest BCUT2D eigenvalue weighted by molar-refractivity contribution is 6.39. The maximum absolute atomic E-state index is 12.4. The number of ether oxygens (including phenoxy) is 2. The molecule has 1 aliphatic rings. The Kier molecular flexibility index (Phi) is 7.79. The highest BCUT2D eigenvalue weighted by Crippen LogP contribution is 2.32. The zero-order valence-electron chi connectivity index (χ0n) is 17.4. The molecule has 2 aromatic rings. The van der Waals surface area contributed by atoms with Crippen LogP contribution in [0.2, 0.25) is 10.0 Å². The quantitative estimate of drug-likeness (QED) is 0.584. The second kappa shape index (κ2) is 10.5. The summed E-state index contributed by atoms with van der Waals surface area (Å²) in [7, 11) is 1.58. The van der Waals surface area contributed by atoms with Crippen LogP contribution in [-0.4, -0.2) is 55.6 Å². The summed E-state index contributed by atoms with van der Waals surface area (Å²) in [5, 5.41) is 8.05. The Labute approximate surface area is 194 Å². The molecule has 1 atom stereocenters. The molecule has 0 saturated heterocycles. The van der Waals surface area contributed by atoms with Crippen LogP contribution < -0.4 is 25.4 Å². The first-order valence-electron chi connectivity index (χ1n) is 9.70. The molecule has 0 saturated carbocycles. The van der Waals surface area contributed by atoms with Crippen molar-refractivity contribution in [3.05, 3.63) is 46.4 Å². The van der Waals surface area contributed by atoms with E-state index >= 15 is 0 Å². The van der Waals surface area contributed by atoms with Gasteiger partial charge in [-0.2, -0.15) is 0 Å². The Morgan fingerprint density at radius 2 is 1.69 bits per heavy atom. The van der Waals surface area contributed by atoms with Crippen molar-refractivity contribution in [2.45, 2.75) is 13.0 Å². The third-order valence-corrected chi connectivity index (χ3v) is 5.33. The number of amides is 4. The molecule has 0 radical (unpaired) electrons. The number of urea groups is 1. The predicted molar refractivity (Wildman–Crippen MR) is 122 cm³/mol. The van der Waals surface area contributed by atoms with Crippen molar-refractivity contribution in [2.24, 2.45) is 0 Å². The predicted octanol–water partition coefficient (Wildman–Crippen LogP) is 3.37. The molecule has 1 aliphatic heterocycles. The van der Waals surface area contributed by atoms with Crippen molar-refractivity contribution in [2.75, 3.05) is 37.4 Å². The minimum Gasteiger partial charge on any atom is -0.486 e. The number of hydrogen-bond acceptors (Lipinski definition) is 6. The number of nitrogens with zero attached hydrogens (tertiary/aromatic N) is 1. The van der Waals surface area contributed by atoms with Gasteiger partial charge in [0.1, 0.15) is 13.2 Å².